The molecule has 1 aliphatic heterocycles. The van der Waals surface area contributed by atoms with Crippen LogP contribution in [0.25, 0.3) is 0 Å². The molecule has 0 bridgehead atoms. The second-order valence-corrected chi connectivity index (χ2v) is 6.46. The van der Waals surface area contributed by atoms with Crippen molar-refractivity contribution in [1.29, 1.82) is 0 Å². The van der Waals surface area contributed by atoms with Crippen LogP contribution in [0, 0.1) is 0 Å². The molecule has 2 rings (SSSR count). The van der Waals surface area contributed by atoms with E-state index in [0.717, 1.165) is 22.5 Å². The summed E-state index contributed by atoms with van der Waals surface area (Å²) in [5, 5.41) is 4.16. The van der Waals surface area contributed by atoms with Gasteiger partial charge in [-0.05, 0) is 62.9 Å². The molecule has 1 aliphatic rings. The fraction of sp³-hybridized carbons (Fsp3) is 0.600. The van der Waals surface area contributed by atoms with Crippen molar-refractivity contribution < 1.29 is 4.74 Å². The third-order valence-corrected chi connectivity index (χ3v) is 4.35. The summed E-state index contributed by atoms with van der Waals surface area (Å²) in [6, 6.07) is 6.46. The van der Waals surface area contributed by atoms with Crippen LogP contribution in [0.3, 0.4) is 0 Å². The van der Waals surface area contributed by atoms with Crippen molar-refractivity contribution in [3.63, 3.8) is 0 Å². The Morgan fingerprint density at radius 1 is 1.47 bits per heavy atom. The Bertz CT molecular complexity index is 387. The molecule has 0 aliphatic carbocycles. The molecular weight excluding hydrogens is 326 g/mol. The SMILES string of the molecule is CNC(CCCC1CCCO1)c1cc(Cl)cc(Br)c1. The van der Waals surface area contributed by atoms with Crippen molar-refractivity contribution in [2.45, 2.75) is 44.2 Å². The first kappa shape index (κ1) is 15.3. The molecule has 2 unspecified atom stereocenters. The highest BCUT2D eigenvalue weighted by Crippen LogP contribution is 2.27. The molecule has 0 spiro atoms. The van der Waals surface area contributed by atoms with Gasteiger partial charge >= 0.3 is 0 Å². The van der Waals surface area contributed by atoms with E-state index in [-0.39, 0.29) is 0 Å². The zero-order chi connectivity index (χ0) is 13.7. The summed E-state index contributed by atoms with van der Waals surface area (Å²) in [6.07, 6.45) is 6.40. The summed E-state index contributed by atoms with van der Waals surface area (Å²) < 4.78 is 6.70. The second kappa shape index (κ2) is 7.63. The lowest BCUT2D eigenvalue weighted by Gasteiger charge is -2.18. The van der Waals surface area contributed by atoms with Crippen molar-refractivity contribution in [2.75, 3.05) is 13.7 Å². The van der Waals surface area contributed by atoms with Crippen LogP contribution in [-0.2, 0) is 4.74 Å². The van der Waals surface area contributed by atoms with Gasteiger partial charge in [0.25, 0.3) is 0 Å². The van der Waals surface area contributed by atoms with Crippen molar-refractivity contribution in [1.82, 2.24) is 5.32 Å². The Balaban J connectivity index is 1.87. The summed E-state index contributed by atoms with van der Waals surface area (Å²) in [6.45, 7) is 0.946. The fourth-order valence-corrected chi connectivity index (χ4v) is 3.56. The summed E-state index contributed by atoms with van der Waals surface area (Å²) in [4.78, 5) is 0. The van der Waals surface area contributed by atoms with E-state index in [2.05, 4.69) is 27.3 Å². The Kier molecular flexibility index (Phi) is 6.14. The monoisotopic (exact) mass is 345 g/mol. The van der Waals surface area contributed by atoms with Gasteiger partial charge in [0.05, 0.1) is 6.10 Å². The third-order valence-electron chi connectivity index (χ3n) is 3.68. The van der Waals surface area contributed by atoms with E-state index in [0.29, 0.717) is 12.1 Å². The lowest BCUT2D eigenvalue weighted by molar-refractivity contribution is 0.101. The van der Waals surface area contributed by atoms with Crippen LogP contribution in [0.4, 0.5) is 0 Å². The number of ether oxygens (including phenoxy) is 1. The minimum Gasteiger partial charge on any atom is -0.378 e. The maximum atomic E-state index is 6.11. The van der Waals surface area contributed by atoms with Crippen LogP contribution in [0.1, 0.15) is 43.7 Å². The quantitative estimate of drug-likeness (QED) is 0.805. The van der Waals surface area contributed by atoms with Gasteiger partial charge in [-0.1, -0.05) is 27.5 Å². The molecule has 2 atom stereocenters. The predicted octanol–water partition coefficient (Wildman–Crippen LogP) is 4.71. The van der Waals surface area contributed by atoms with Crippen LogP contribution in [0.15, 0.2) is 22.7 Å². The van der Waals surface area contributed by atoms with Crippen molar-refractivity contribution in [2.24, 2.45) is 0 Å². The van der Waals surface area contributed by atoms with E-state index >= 15 is 0 Å². The highest BCUT2D eigenvalue weighted by atomic mass is 79.9. The molecule has 106 valence electrons. The van der Waals surface area contributed by atoms with Gasteiger partial charge in [-0.2, -0.15) is 0 Å². The number of nitrogens with one attached hydrogen (secondary N) is 1. The summed E-state index contributed by atoms with van der Waals surface area (Å²) >= 11 is 9.61. The molecule has 1 aromatic rings. The molecule has 0 aromatic heterocycles. The van der Waals surface area contributed by atoms with Gasteiger partial charge in [0.2, 0.25) is 0 Å². The van der Waals surface area contributed by atoms with Crippen LogP contribution in [-0.4, -0.2) is 19.8 Å². The van der Waals surface area contributed by atoms with E-state index in [1.54, 1.807) is 0 Å². The van der Waals surface area contributed by atoms with Gasteiger partial charge in [-0.15, -0.1) is 0 Å². The Morgan fingerprint density at radius 2 is 2.32 bits per heavy atom. The summed E-state index contributed by atoms with van der Waals surface area (Å²) in [5.74, 6) is 0. The topological polar surface area (TPSA) is 21.3 Å². The molecule has 2 nitrogen and oxygen atoms in total. The molecule has 0 amide bonds. The highest BCUT2D eigenvalue weighted by Gasteiger charge is 2.16. The number of hydrogen-bond acceptors (Lipinski definition) is 2. The zero-order valence-corrected chi connectivity index (χ0v) is 13.6. The van der Waals surface area contributed by atoms with E-state index in [1.165, 1.54) is 31.2 Å². The minimum atomic E-state index is 0.358. The molecule has 4 heteroatoms. The molecular formula is C15H21BrClNO. The molecule has 1 heterocycles. The van der Waals surface area contributed by atoms with Crippen LogP contribution in [0.2, 0.25) is 5.02 Å². The molecule has 1 aromatic carbocycles. The predicted molar refractivity (Wildman–Crippen MR) is 83.8 cm³/mol. The van der Waals surface area contributed by atoms with Crippen molar-refractivity contribution in [3.8, 4) is 0 Å². The second-order valence-electron chi connectivity index (χ2n) is 5.11. The van der Waals surface area contributed by atoms with Crippen molar-refractivity contribution >= 4 is 27.5 Å². The Labute approximate surface area is 129 Å². The molecule has 1 fully saturated rings. The Hall–Kier alpha value is -0.0900. The van der Waals surface area contributed by atoms with Crippen LogP contribution in [0.5, 0.6) is 0 Å². The lowest BCUT2D eigenvalue weighted by atomic mass is 9.99. The molecule has 0 saturated carbocycles. The van der Waals surface area contributed by atoms with E-state index in [4.69, 9.17) is 16.3 Å². The van der Waals surface area contributed by atoms with Crippen LogP contribution >= 0.6 is 27.5 Å². The van der Waals surface area contributed by atoms with Crippen LogP contribution < -0.4 is 5.32 Å². The maximum Gasteiger partial charge on any atom is 0.0576 e. The number of hydrogen-bond donors (Lipinski definition) is 1. The van der Waals surface area contributed by atoms with E-state index in [1.807, 2.05) is 19.2 Å². The van der Waals surface area contributed by atoms with Gasteiger partial charge in [0.15, 0.2) is 0 Å². The van der Waals surface area contributed by atoms with E-state index < -0.39 is 0 Å². The van der Waals surface area contributed by atoms with Gasteiger partial charge in [-0.25, -0.2) is 0 Å². The van der Waals surface area contributed by atoms with Gasteiger partial charge in [0, 0.05) is 22.1 Å². The average molecular weight is 347 g/mol. The lowest BCUT2D eigenvalue weighted by Crippen LogP contribution is -2.17. The number of benzene rings is 1. The molecule has 19 heavy (non-hydrogen) atoms. The summed E-state index contributed by atoms with van der Waals surface area (Å²) in [7, 11) is 2.01. The molecule has 1 N–H and O–H groups in total. The third kappa shape index (κ3) is 4.75. The summed E-state index contributed by atoms with van der Waals surface area (Å²) in [5.41, 5.74) is 1.24. The smallest absolute Gasteiger partial charge is 0.0576 e. The molecule has 1 saturated heterocycles. The Morgan fingerprint density at radius 3 is 2.95 bits per heavy atom. The first-order valence-corrected chi connectivity index (χ1v) is 8.11. The number of rotatable bonds is 6. The van der Waals surface area contributed by atoms with Gasteiger partial charge in [-0.3, -0.25) is 0 Å². The average Bonchev–Trinajstić information content (AvgIpc) is 2.86. The fourth-order valence-electron chi connectivity index (χ4n) is 2.68. The van der Waals surface area contributed by atoms with Gasteiger partial charge < -0.3 is 10.1 Å². The highest BCUT2D eigenvalue weighted by molar-refractivity contribution is 9.10. The first-order valence-electron chi connectivity index (χ1n) is 6.94. The normalized spacial score (nSPS) is 20.7. The number of halogens is 2. The van der Waals surface area contributed by atoms with Crippen molar-refractivity contribution in [3.05, 3.63) is 33.3 Å². The molecule has 0 radical (unpaired) electrons. The first-order chi connectivity index (χ1) is 9.19. The standard InChI is InChI=1S/C15H21BrClNO/c1-18-15(6-2-4-14-5-3-7-19-14)11-8-12(16)10-13(17)9-11/h8-10,14-15,18H,2-7H2,1H3. The largest absolute Gasteiger partial charge is 0.378 e. The van der Waals surface area contributed by atoms with E-state index in [9.17, 15) is 0 Å². The van der Waals surface area contributed by atoms with Gasteiger partial charge in [0.1, 0.15) is 0 Å². The maximum absolute atomic E-state index is 6.11. The minimum absolute atomic E-state index is 0.358. The zero-order valence-electron chi connectivity index (χ0n) is 11.3.